The molecule has 132 valence electrons. The van der Waals surface area contributed by atoms with Crippen molar-refractivity contribution in [1.29, 1.82) is 0 Å². The Kier molecular flexibility index (Phi) is 5.05. The van der Waals surface area contributed by atoms with E-state index >= 15 is 0 Å². The smallest absolute Gasteiger partial charge is 0.372 e. The molecular weight excluding hydrogens is 344 g/mol. The molecule has 9 heteroatoms. The van der Waals surface area contributed by atoms with Gasteiger partial charge in [-0.1, -0.05) is 12.1 Å². The summed E-state index contributed by atoms with van der Waals surface area (Å²) in [6, 6.07) is 5.76. The summed E-state index contributed by atoms with van der Waals surface area (Å²) in [5, 5.41) is 13.4. The fraction of sp³-hybridized carbons (Fsp3) is 0.188. The molecule has 2 rings (SSSR count). The molecule has 0 fully saturated rings. The van der Waals surface area contributed by atoms with Crippen LogP contribution in [-0.4, -0.2) is 17.3 Å². The lowest BCUT2D eigenvalue weighted by Gasteiger charge is -2.10. The zero-order valence-corrected chi connectivity index (χ0v) is 12.9. The highest BCUT2D eigenvalue weighted by atomic mass is 19.4. The Labute approximate surface area is 139 Å². The molecule has 0 aliphatic rings. The molecule has 0 bridgehead atoms. The summed E-state index contributed by atoms with van der Waals surface area (Å²) >= 11 is 0. The van der Waals surface area contributed by atoms with E-state index in [1.54, 1.807) is 0 Å². The van der Waals surface area contributed by atoms with Crippen molar-refractivity contribution in [3.05, 3.63) is 69.0 Å². The Morgan fingerprint density at radius 3 is 2.44 bits per heavy atom. The van der Waals surface area contributed by atoms with Gasteiger partial charge in [0.25, 0.3) is 5.69 Å². The highest BCUT2D eigenvalue weighted by Crippen LogP contribution is 2.34. The van der Waals surface area contributed by atoms with E-state index in [4.69, 9.17) is 0 Å². The number of nitrogens with zero attached hydrogens (tertiary/aromatic N) is 1. The second-order valence-corrected chi connectivity index (χ2v) is 5.23. The summed E-state index contributed by atoms with van der Waals surface area (Å²) in [6.07, 6.45) is -4.72. The van der Waals surface area contributed by atoms with Crippen molar-refractivity contribution < 1.29 is 27.3 Å². The number of hydrogen-bond acceptors (Lipinski definition) is 4. The van der Waals surface area contributed by atoms with Crippen molar-refractivity contribution in [2.24, 2.45) is 0 Å². The molecular formula is C16H12F4N2O3. The highest BCUT2D eigenvalue weighted by Gasteiger charge is 2.33. The second kappa shape index (κ2) is 6.88. The number of carbonyl (C=O) groups excluding carboxylic acids is 1. The third-order valence-electron chi connectivity index (χ3n) is 3.45. The van der Waals surface area contributed by atoms with Crippen LogP contribution in [-0.2, 0) is 6.18 Å². The van der Waals surface area contributed by atoms with Crippen LogP contribution >= 0.6 is 0 Å². The number of nitro benzene ring substituents is 1. The van der Waals surface area contributed by atoms with Gasteiger partial charge in [-0.25, -0.2) is 4.39 Å². The van der Waals surface area contributed by atoms with Crippen molar-refractivity contribution in [3.63, 3.8) is 0 Å². The maximum atomic E-state index is 13.5. The molecule has 0 aliphatic heterocycles. The van der Waals surface area contributed by atoms with Crippen LogP contribution < -0.4 is 5.32 Å². The normalized spacial score (nSPS) is 11.2. The highest BCUT2D eigenvalue weighted by molar-refractivity contribution is 5.99. The zero-order chi connectivity index (χ0) is 18.8. The molecule has 0 atom stereocenters. The van der Waals surface area contributed by atoms with Gasteiger partial charge in [0.05, 0.1) is 17.0 Å². The van der Waals surface area contributed by atoms with E-state index < -0.39 is 40.5 Å². The lowest BCUT2D eigenvalue weighted by atomic mass is 10.1. The first-order valence-corrected chi connectivity index (χ1v) is 6.98. The minimum atomic E-state index is -4.72. The molecule has 2 aromatic carbocycles. The van der Waals surface area contributed by atoms with Crippen LogP contribution in [0.1, 0.15) is 21.5 Å². The maximum absolute atomic E-state index is 13.5. The van der Waals surface area contributed by atoms with Crippen LogP contribution in [0.5, 0.6) is 0 Å². The lowest BCUT2D eigenvalue weighted by Crippen LogP contribution is -2.15. The number of Topliss-reactive ketones (excluding diaryl/α,β-unsaturated/α-hetero) is 1. The molecule has 0 radical (unpaired) electrons. The number of hydrogen-bond donors (Lipinski definition) is 1. The number of benzene rings is 2. The SMILES string of the molecule is Cc1ccc(C(=O)CNc2ccc(C(F)(F)F)cc2[N+](=O)[O-])cc1F. The molecule has 0 unspecified atom stereocenters. The largest absolute Gasteiger partial charge is 0.416 e. The minimum absolute atomic E-state index is 0.0464. The maximum Gasteiger partial charge on any atom is 0.416 e. The van der Waals surface area contributed by atoms with E-state index in [0.717, 1.165) is 12.1 Å². The number of alkyl halides is 3. The van der Waals surface area contributed by atoms with Crippen molar-refractivity contribution >= 4 is 17.2 Å². The van der Waals surface area contributed by atoms with Crippen LogP contribution in [0, 0.1) is 22.9 Å². The third-order valence-corrected chi connectivity index (χ3v) is 3.45. The van der Waals surface area contributed by atoms with Gasteiger partial charge in [0.2, 0.25) is 0 Å². The molecule has 0 saturated carbocycles. The molecule has 2 aromatic rings. The van der Waals surface area contributed by atoms with E-state index in [-0.39, 0.29) is 11.3 Å². The van der Waals surface area contributed by atoms with Crippen molar-refractivity contribution in [1.82, 2.24) is 0 Å². The topological polar surface area (TPSA) is 72.2 Å². The van der Waals surface area contributed by atoms with Crippen LogP contribution in [0.3, 0.4) is 0 Å². The van der Waals surface area contributed by atoms with Gasteiger partial charge in [0, 0.05) is 11.6 Å². The van der Waals surface area contributed by atoms with Crippen LogP contribution in [0.25, 0.3) is 0 Å². The summed E-state index contributed by atoms with van der Waals surface area (Å²) in [4.78, 5) is 22.0. The van der Waals surface area contributed by atoms with Gasteiger partial charge in [-0.2, -0.15) is 13.2 Å². The Hall–Kier alpha value is -2.97. The van der Waals surface area contributed by atoms with Gasteiger partial charge in [-0.3, -0.25) is 14.9 Å². The average molecular weight is 356 g/mol. The predicted molar refractivity (Wildman–Crippen MR) is 82.1 cm³/mol. The van der Waals surface area contributed by atoms with E-state index in [1.165, 1.54) is 19.1 Å². The molecule has 0 saturated heterocycles. The number of carbonyl (C=O) groups is 1. The van der Waals surface area contributed by atoms with Crippen molar-refractivity contribution in [2.75, 3.05) is 11.9 Å². The number of ketones is 1. The van der Waals surface area contributed by atoms with Crippen LogP contribution in [0.2, 0.25) is 0 Å². The Bertz CT molecular complexity index is 835. The minimum Gasteiger partial charge on any atom is -0.372 e. The van der Waals surface area contributed by atoms with Gasteiger partial charge in [0.15, 0.2) is 5.78 Å². The number of rotatable bonds is 5. The lowest BCUT2D eigenvalue weighted by molar-refractivity contribution is -0.384. The van der Waals surface area contributed by atoms with Gasteiger partial charge >= 0.3 is 6.18 Å². The third kappa shape index (κ3) is 4.31. The molecule has 5 nitrogen and oxygen atoms in total. The van der Waals surface area contributed by atoms with E-state index in [0.29, 0.717) is 17.7 Å². The molecule has 0 amide bonds. The number of nitrogens with one attached hydrogen (secondary N) is 1. The summed E-state index contributed by atoms with van der Waals surface area (Å²) in [5.74, 6) is -1.14. The van der Waals surface area contributed by atoms with E-state index in [2.05, 4.69) is 5.32 Å². The average Bonchev–Trinajstić information content (AvgIpc) is 2.54. The number of halogens is 4. The summed E-state index contributed by atoms with van der Waals surface area (Å²) in [6.45, 7) is 1.09. The van der Waals surface area contributed by atoms with Crippen LogP contribution in [0.4, 0.5) is 28.9 Å². The molecule has 0 aromatic heterocycles. The zero-order valence-electron chi connectivity index (χ0n) is 12.9. The van der Waals surface area contributed by atoms with Crippen molar-refractivity contribution in [2.45, 2.75) is 13.1 Å². The summed E-state index contributed by atoms with van der Waals surface area (Å²) in [5.41, 5.74) is -1.82. The molecule has 25 heavy (non-hydrogen) atoms. The predicted octanol–water partition coefficient (Wildman–Crippen LogP) is 4.36. The first-order valence-electron chi connectivity index (χ1n) is 6.98. The van der Waals surface area contributed by atoms with E-state index in [9.17, 15) is 32.5 Å². The molecule has 0 aliphatic carbocycles. The Balaban J connectivity index is 2.20. The fourth-order valence-corrected chi connectivity index (χ4v) is 2.05. The molecule has 0 heterocycles. The number of nitro groups is 1. The quantitative estimate of drug-likeness (QED) is 0.374. The second-order valence-electron chi connectivity index (χ2n) is 5.23. The van der Waals surface area contributed by atoms with Gasteiger partial charge in [0.1, 0.15) is 11.5 Å². The summed E-state index contributed by atoms with van der Waals surface area (Å²) < 4.78 is 51.4. The van der Waals surface area contributed by atoms with Gasteiger partial charge in [-0.05, 0) is 30.7 Å². The molecule has 1 N–H and O–H groups in total. The molecule has 0 spiro atoms. The van der Waals surface area contributed by atoms with Crippen LogP contribution in [0.15, 0.2) is 36.4 Å². The van der Waals surface area contributed by atoms with Crippen molar-refractivity contribution in [3.8, 4) is 0 Å². The number of anilines is 1. The fourth-order valence-electron chi connectivity index (χ4n) is 2.05. The van der Waals surface area contributed by atoms with E-state index in [1.807, 2.05) is 0 Å². The first kappa shape index (κ1) is 18.4. The monoisotopic (exact) mass is 356 g/mol. The van der Waals surface area contributed by atoms with Gasteiger partial charge in [-0.15, -0.1) is 0 Å². The Morgan fingerprint density at radius 1 is 1.20 bits per heavy atom. The van der Waals surface area contributed by atoms with Gasteiger partial charge < -0.3 is 5.32 Å². The first-order chi connectivity index (χ1) is 11.6. The standard InChI is InChI=1S/C16H12F4N2O3/c1-9-2-3-10(6-12(9)17)15(23)8-21-13-5-4-11(16(18,19)20)7-14(13)22(24)25/h2-7,21H,8H2,1H3. The number of aryl methyl sites for hydroxylation is 1. The summed E-state index contributed by atoms with van der Waals surface area (Å²) in [7, 11) is 0. The Morgan fingerprint density at radius 2 is 1.88 bits per heavy atom.